The Morgan fingerprint density at radius 2 is 1.92 bits per heavy atom. The molecule has 26 heavy (non-hydrogen) atoms. The summed E-state index contributed by atoms with van der Waals surface area (Å²) in [4.78, 5) is 30.3. The quantitative estimate of drug-likeness (QED) is 0.642. The topological polar surface area (TPSA) is 67.8 Å². The zero-order valence-corrected chi connectivity index (χ0v) is 15.7. The SMILES string of the molecule is CC1=CC(C)=NC2SC3C(=O)OC(C(=O)c4ccccc4)=C(C)NC3C12. The fourth-order valence-electron chi connectivity index (χ4n) is 3.82. The standard InChI is InChI=1S/C20H20N2O3S/c1-10-9-11(2)21-19-14(10)15-18(26-19)20(24)25-17(12(3)22-15)16(23)13-7-5-4-6-8-13/h4-9,14-15,18-19,22H,1-3H3. The monoisotopic (exact) mass is 368 g/mol. The summed E-state index contributed by atoms with van der Waals surface area (Å²) in [5.41, 5.74) is 3.28. The third kappa shape index (κ3) is 2.78. The van der Waals surface area contributed by atoms with Gasteiger partial charge in [0.2, 0.25) is 5.78 Å². The van der Waals surface area contributed by atoms with Crippen molar-refractivity contribution in [1.29, 1.82) is 0 Å². The van der Waals surface area contributed by atoms with Crippen LogP contribution >= 0.6 is 11.8 Å². The smallest absolute Gasteiger partial charge is 0.326 e. The number of dihydropyridines is 1. The Bertz CT molecular complexity index is 872. The fourth-order valence-corrected chi connectivity index (χ4v) is 5.47. The molecule has 0 aromatic heterocycles. The number of hydrogen-bond acceptors (Lipinski definition) is 6. The first-order valence-electron chi connectivity index (χ1n) is 8.62. The van der Waals surface area contributed by atoms with Gasteiger partial charge < -0.3 is 10.1 Å². The summed E-state index contributed by atoms with van der Waals surface area (Å²) in [6.45, 7) is 5.84. The van der Waals surface area contributed by atoms with E-state index in [1.165, 1.54) is 17.3 Å². The normalized spacial score (nSPS) is 30.3. The van der Waals surface area contributed by atoms with E-state index in [0.717, 1.165) is 5.71 Å². The highest BCUT2D eigenvalue weighted by Gasteiger charge is 2.51. The third-order valence-electron chi connectivity index (χ3n) is 5.00. The van der Waals surface area contributed by atoms with Gasteiger partial charge in [-0.2, -0.15) is 0 Å². The van der Waals surface area contributed by atoms with Gasteiger partial charge in [0, 0.05) is 17.2 Å². The summed E-state index contributed by atoms with van der Waals surface area (Å²) in [5, 5.41) is 3.02. The lowest BCUT2D eigenvalue weighted by Crippen LogP contribution is -2.43. The molecule has 1 aromatic carbocycles. The maximum atomic E-state index is 12.8. The molecule has 0 radical (unpaired) electrons. The fraction of sp³-hybridized carbons (Fsp3) is 0.350. The van der Waals surface area contributed by atoms with Crippen LogP contribution in [0.3, 0.4) is 0 Å². The molecule has 6 heteroatoms. The number of esters is 1. The van der Waals surface area contributed by atoms with Gasteiger partial charge in [0.05, 0.1) is 11.7 Å². The van der Waals surface area contributed by atoms with E-state index in [-0.39, 0.29) is 40.1 Å². The molecule has 4 unspecified atom stereocenters. The summed E-state index contributed by atoms with van der Waals surface area (Å²) < 4.78 is 5.56. The summed E-state index contributed by atoms with van der Waals surface area (Å²) >= 11 is 1.52. The first-order valence-corrected chi connectivity index (χ1v) is 9.57. The van der Waals surface area contributed by atoms with E-state index in [0.29, 0.717) is 11.3 Å². The summed E-state index contributed by atoms with van der Waals surface area (Å²) in [5.74, 6) is -0.457. The van der Waals surface area contributed by atoms with Crippen LogP contribution in [0.25, 0.3) is 0 Å². The molecule has 3 aliphatic rings. The minimum atomic E-state index is -0.390. The number of ketones is 1. The Kier molecular flexibility index (Phi) is 4.23. The van der Waals surface area contributed by atoms with Crippen LogP contribution in [-0.4, -0.2) is 34.1 Å². The Morgan fingerprint density at radius 1 is 1.19 bits per heavy atom. The largest absolute Gasteiger partial charge is 0.420 e. The molecule has 0 aliphatic carbocycles. The van der Waals surface area contributed by atoms with E-state index in [4.69, 9.17) is 4.74 Å². The van der Waals surface area contributed by atoms with E-state index in [9.17, 15) is 9.59 Å². The highest BCUT2D eigenvalue weighted by Crippen LogP contribution is 2.46. The molecule has 1 aromatic rings. The van der Waals surface area contributed by atoms with Gasteiger partial charge in [0.25, 0.3) is 0 Å². The average molecular weight is 368 g/mol. The van der Waals surface area contributed by atoms with E-state index >= 15 is 0 Å². The lowest BCUT2D eigenvalue weighted by atomic mass is 9.87. The number of rotatable bonds is 2. The number of ether oxygens (including phenoxy) is 1. The molecule has 3 heterocycles. The van der Waals surface area contributed by atoms with Crippen LogP contribution in [0.1, 0.15) is 31.1 Å². The molecule has 4 atom stereocenters. The van der Waals surface area contributed by atoms with Crippen molar-refractivity contribution in [2.24, 2.45) is 10.9 Å². The number of thioether (sulfide) groups is 1. The Hall–Kier alpha value is -2.34. The third-order valence-corrected chi connectivity index (χ3v) is 6.46. The average Bonchev–Trinajstić information content (AvgIpc) is 2.92. The Balaban J connectivity index is 1.68. The predicted molar refractivity (Wildman–Crippen MR) is 102 cm³/mol. The van der Waals surface area contributed by atoms with Crippen LogP contribution < -0.4 is 5.32 Å². The number of benzene rings is 1. The molecular formula is C20H20N2O3S. The molecule has 1 N–H and O–H groups in total. The number of fused-ring (bicyclic) bond motifs is 3. The van der Waals surface area contributed by atoms with Crippen LogP contribution in [-0.2, 0) is 9.53 Å². The molecule has 5 nitrogen and oxygen atoms in total. The van der Waals surface area contributed by atoms with Gasteiger partial charge in [-0.25, -0.2) is 0 Å². The maximum absolute atomic E-state index is 12.8. The van der Waals surface area contributed by atoms with Crippen LogP contribution in [0.15, 0.2) is 58.4 Å². The minimum absolute atomic E-state index is 0.00854. The van der Waals surface area contributed by atoms with Gasteiger partial charge in [-0.1, -0.05) is 35.9 Å². The second kappa shape index (κ2) is 6.43. The van der Waals surface area contributed by atoms with E-state index in [1.54, 1.807) is 31.2 Å². The van der Waals surface area contributed by atoms with Crippen LogP contribution in [0.2, 0.25) is 0 Å². The highest BCUT2D eigenvalue weighted by molar-refractivity contribution is 8.01. The molecule has 1 fully saturated rings. The zero-order valence-electron chi connectivity index (χ0n) is 14.9. The molecule has 3 aliphatic heterocycles. The number of allylic oxidation sites excluding steroid dienone is 3. The van der Waals surface area contributed by atoms with Crippen molar-refractivity contribution < 1.29 is 14.3 Å². The van der Waals surface area contributed by atoms with Crippen LogP contribution in [0.5, 0.6) is 0 Å². The molecular weight excluding hydrogens is 348 g/mol. The number of cyclic esters (lactones) is 1. The first-order chi connectivity index (χ1) is 12.5. The number of nitrogens with zero attached hydrogens (tertiary/aromatic N) is 1. The van der Waals surface area contributed by atoms with Gasteiger partial charge in [0.1, 0.15) is 10.6 Å². The van der Waals surface area contributed by atoms with Gasteiger partial charge in [0.15, 0.2) is 5.76 Å². The molecule has 0 saturated carbocycles. The number of nitrogens with one attached hydrogen (secondary N) is 1. The van der Waals surface area contributed by atoms with Gasteiger partial charge in [-0.05, 0) is 26.8 Å². The van der Waals surface area contributed by atoms with E-state index in [2.05, 4.69) is 23.3 Å². The number of carbonyl (C=O) groups is 2. The Morgan fingerprint density at radius 3 is 2.65 bits per heavy atom. The van der Waals surface area contributed by atoms with Crippen LogP contribution in [0.4, 0.5) is 0 Å². The van der Waals surface area contributed by atoms with Crippen molar-refractivity contribution in [2.45, 2.75) is 37.4 Å². The van der Waals surface area contributed by atoms with Crippen molar-refractivity contribution >= 4 is 29.2 Å². The zero-order chi connectivity index (χ0) is 18.4. The number of hydrogen-bond donors (Lipinski definition) is 1. The van der Waals surface area contributed by atoms with Crippen molar-refractivity contribution in [3.63, 3.8) is 0 Å². The molecule has 0 amide bonds. The van der Waals surface area contributed by atoms with Gasteiger partial charge >= 0.3 is 5.97 Å². The van der Waals surface area contributed by atoms with Crippen molar-refractivity contribution in [2.75, 3.05) is 0 Å². The molecule has 4 rings (SSSR count). The molecule has 0 bridgehead atoms. The highest BCUT2D eigenvalue weighted by atomic mass is 32.2. The molecule has 134 valence electrons. The van der Waals surface area contributed by atoms with Crippen molar-refractivity contribution in [3.05, 3.63) is 59.0 Å². The second-order valence-electron chi connectivity index (χ2n) is 6.87. The number of Topliss-reactive ketones (excluding diaryl/α,β-unsaturated/α-hetero) is 1. The maximum Gasteiger partial charge on any atom is 0.326 e. The summed E-state index contributed by atoms with van der Waals surface area (Å²) in [6.07, 6.45) is 2.07. The predicted octanol–water partition coefficient (Wildman–Crippen LogP) is 3.09. The lowest BCUT2D eigenvalue weighted by Gasteiger charge is -2.27. The minimum Gasteiger partial charge on any atom is -0.420 e. The first kappa shape index (κ1) is 17.1. The van der Waals surface area contributed by atoms with Gasteiger partial charge in [-0.3, -0.25) is 14.6 Å². The molecule has 1 saturated heterocycles. The Labute approximate surface area is 156 Å². The molecule has 0 spiro atoms. The van der Waals surface area contributed by atoms with Crippen LogP contribution in [0, 0.1) is 5.92 Å². The van der Waals surface area contributed by atoms with Gasteiger partial charge in [-0.15, -0.1) is 11.8 Å². The lowest BCUT2D eigenvalue weighted by molar-refractivity contribution is -0.138. The van der Waals surface area contributed by atoms with E-state index in [1.807, 2.05) is 13.0 Å². The second-order valence-corrected chi connectivity index (χ2v) is 8.14. The number of aliphatic imine (C=N–C) groups is 1. The summed E-state index contributed by atoms with van der Waals surface area (Å²) in [6, 6.07) is 8.74. The number of carbonyl (C=O) groups excluding carboxylic acids is 2. The van der Waals surface area contributed by atoms with Crippen molar-refractivity contribution in [1.82, 2.24) is 5.32 Å². The summed E-state index contributed by atoms with van der Waals surface area (Å²) in [7, 11) is 0. The van der Waals surface area contributed by atoms with Crippen molar-refractivity contribution in [3.8, 4) is 0 Å². The van der Waals surface area contributed by atoms with E-state index < -0.39 is 0 Å².